The molecule has 8 nitrogen and oxygen atoms in total. The van der Waals surface area contributed by atoms with Gasteiger partial charge in [-0.3, -0.25) is 14.4 Å². The van der Waals surface area contributed by atoms with Crippen LogP contribution in [-0.2, 0) is 24.7 Å². The lowest BCUT2D eigenvalue weighted by molar-refractivity contribution is -0.143. The SMILES string of the molecule is C=CCOc1ccc(C(O)=C2C(=O)C(=O)N(CCCOC)[C@@]23C(=O)N(CC)c2ccccc23)cc1C. The smallest absolute Gasteiger partial charge is 0.296 e. The average Bonchev–Trinajstić information content (AvgIpc) is 3.26. The van der Waals surface area contributed by atoms with Crippen LogP contribution in [0.5, 0.6) is 5.75 Å². The van der Waals surface area contributed by atoms with Gasteiger partial charge >= 0.3 is 0 Å². The molecule has 2 aliphatic heterocycles. The van der Waals surface area contributed by atoms with Gasteiger partial charge in [0.15, 0.2) is 5.54 Å². The van der Waals surface area contributed by atoms with Gasteiger partial charge in [0.1, 0.15) is 18.1 Å². The van der Waals surface area contributed by atoms with E-state index in [1.54, 1.807) is 60.6 Å². The normalized spacial score (nSPS) is 20.4. The Labute approximate surface area is 210 Å². The van der Waals surface area contributed by atoms with Crippen LogP contribution < -0.4 is 9.64 Å². The molecule has 2 aliphatic rings. The van der Waals surface area contributed by atoms with Crippen LogP contribution in [0.25, 0.3) is 5.76 Å². The molecule has 36 heavy (non-hydrogen) atoms. The van der Waals surface area contributed by atoms with Crippen LogP contribution in [0.1, 0.15) is 30.0 Å². The maximum atomic E-state index is 14.1. The highest BCUT2D eigenvalue weighted by atomic mass is 16.5. The van der Waals surface area contributed by atoms with E-state index >= 15 is 0 Å². The van der Waals surface area contributed by atoms with Crippen LogP contribution in [0, 0.1) is 6.92 Å². The molecule has 1 atom stereocenters. The number of ketones is 1. The summed E-state index contributed by atoms with van der Waals surface area (Å²) < 4.78 is 10.8. The molecule has 1 fully saturated rings. The Hall–Kier alpha value is -3.91. The third-order valence-corrected chi connectivity index (χ3v) is 6.66. The minimum atomic E-state index is -1.76. The first-order chi connectivity index (χ1) is 17.3. The number of carbonyl (C=O) groups excluding carboxylic acids is 3. The number of aryl methyl sites for hydroxylation is 1. The number of nitrogens with zero attached hydrogens (tertiary/aromatic N) is 2. The number of aliphatic hydroxyl groups is 1. The number of fused-ring (bicyclic) bond motifs is 2. The number of ether oxygens (including phenoxy) is 2. The first-order valence-electron chi connectivity index (χ1n) is 11.9. The maximum absolute atomic E-state index is 14.1. The Morgan fingerprint density at radius 3 is 2.58 bits per heavy atom. The van der Waals surface area contributed by atoms with Crippen molar-refractivity contribution in [2.75, 3.05) is 38.3 Å². The van der Waals surface area contributed by atoms with Gasteiger partial charge < -0.3 is 24.4 Å². The van der Waals surface area contributed by atoms with Crippen molar-refractivity contribution >= 4 is 29.0 Å². The fourth-order valence-corrected chi connectivity index (χ4v) is 5.10. The number of hydrogen-bond donors (Lipinski definition) is 1. The second kappa shape index (κ2) is 9.99. The molecule has 2 heterocycles. The third-order valence-electron chi connectivity index (χ3n) is 6.66. The van der Waals surface area contributed by atoms with Crippen molar-refractivity contribution in [3.63, 3.8) is 0 Å². The van der Waals surface area contributed by atoms with E-state index in [0.29, 0.717) is 48.7 Å². The second-order valence-corrected chi connectivity index (χ2v) is 8.71. The lowest BCUT2D eigenvalue weighted by Gasteiger charge is -2.34. The van der Waals surface area contributed by atoms with E-state index in [0.717, 1.165) is 5.56 Å². The van der Waals surface area contributed by atoms with Crippen LogP contribution in [0.3, 0.4) is 0 Å². The summed E-state index contributed by atoms with van der Waals surface area (Å²) in [7, 11) is 1.55. The lowest BCUT2D eigenvalue weighted by atomic mass is 9.81. The van der Waals surface area contributed by atoms with Crippen LogP contribution in [0.4, 0.5) is 5.69 Å². The van der Waals surface area contributed by atoms with Gasteiger partial charge in [0.25, 0.3) is 17.6 Å². The van der Waals surface area contributed by atoms with E-state index in [2.05, 4.69) is 6.58 Å². The highest BCUT2D eigenvalue weighted by molar-refractivity contribution is 6.50. The second-order valence-electron chi connectivity index (χ2n) is 8.71. The Morgan fingerprint density at radius 1 is 1.17 bits per heavy atom. The van der Waals surface area contributed by atoms with Crippen molar-refractivity contribution in [3.8, 4) is 5.75 Å². The first-order valence-corrected chi connectivity index (χ1v) is 11.9. The van der Waals surface area contributed by atoms with E-state index < -0.39 is 28.9 Å². The molecule has 0 aliphatic carbocycles. The van der Waals surface area contributed by atoms with Crippen molar-refractivity contribution in [1.29, 1.82) is 0 Å². The van der Waals surface area contributed by atoms with Crippen molar-refractivity contribution < 1.29 is 29.0 Å². The van der Waals surface area contributed by atoms with E-state index in [-0.39, 0.29) is 12.1 Å². The van der Waals surface area contributed by atoms with Crippen molar-refractivity contribution in [3.05, 3.63) is 77.4 Å². The standard InChI is InChI=1S/C28H30N2O6/c1-5-15-36-22-13-12-19(17-18(22)3)24(31)23-25(32)26(33)30(14-9-16-35-4)28(23)20-10-7-8-11-21(20)29(6-2)27(28)34/h5,7-8,10-13,17,31H,1,6,9,14-16H2,2-4H3/t28-/m1/s1. The Balaban J connectivity index is 1.96. The number of para-hydroxylation sites is 1. The number of Topliss-reactive ketones (excluding diaryl/α,β-unsaturated/α-hetero) is 1. The minimum absolute atomic E-state index is 0.111. The van der Waals surface area contributed by atoms with Gasteiger partial charge in [0, 0.05) is 37.9 Å². The molecule has 8 heteroatoms. The molecule has 1 spiro atoms. The molecule has 2 aromatic carbocycles. The number of aliphatic hydroxyl groups excluding tert-OH is 1. The number of likely N-dealkylation sites (tertiary alicyclic amines) is 1. The molecule has 4 rings (SSSR count). The number of carbonyl (C=O) groups is 3. The molecule has 0 radical (unpaired) electrons. The van der Waals surface area contributed by atoms with E-state index in [1.165, 1.54) is 4.90 Å². The molecule has 188 valence electrons. The molecule has 0 bridgehead atoms. The Morgan fingerprint density at radius 2 is 1.92 bits per heavy atom. The van der Waals surface area contributed by atoms with Gasteiger partial charge in [-0.2, -0.15) is 0 Å². The van der Waals surface area contributed by atoms with Crippen LogP contribution in [0.15, 0.2) is 60.7 Å². The number of hydrogen-bond acceptors (Lipinski definition) is 6. The summed E-state index contributed by atoms with van der Waals surface area (Å²) in [5.74, 6) is -1.96. The van der Waals surface area contributed by atoms with Gasteiger partial charge in [0.2, 0.25) is 0 Å². The molecule has 2 amide bonds. The lowest BCUT2D eigenvalue weighted by Crippen LogP contribution is -2.52. The summed E-state index contributed by atoms with van der Waals surface area (Å²) in [5.41, 5.74) is 0.157. The Bertz CT molecular complexity index is 1270. The van der Waals surface area contributed by atoms with E-state index in [9.17, 15) is 19.5 Å². The fourth-order valence-electron chi connectivity index (χ4n) is 5.10. The largest absolute Gasteiger partial charge is 0.507 e. The van der Waals surface area contributed by atoms with Crippen LogP contribution in [-0.4, -0.2) is 61.0 Å². The highest BCUT2D eigenvalue weighted by Crippen LogP contribution is 2.53. The van der Waals surface area contributed by atoms with Gasteiger partial charge in [-0.05, 0) is 50.1 Å². The number of methoxy groups -OCH3 is 1. The summed E-state index contributed by atoms with van der Waals surface area (Å²) in [6.07, 6.45) is 2.04. The van der Waals surface area contributed by atoms with Gasteiger partial charge in [-0.15, -0.1) is 0 Å². The summed E-state index contributed by atoms with van der Waals surface area (Å²) in [4.78, 5) is 43.9. The van der Waals surface area contributed by atoms with Gasteiger partial charge in [-0.1, -0.05) is 30.9 Å². The number of amides is 2. The van der Waals surface area contributed by atoms with Crippen LogP contribution >= 0.6 is 0 Å². The molecular formula is C28H30N2O6. The zero-order chi connectivity index (χ0) is 26.0. The summed E-state index contributed by atoms with van der Waals surface area (Å²) in [6, 6.07) is 12.0. The fraction of sp³-hybridized carbons (Fsp3) is 0.321. The number of benzene rings is 2. The van der Waals surface area contributed by atoms with Gasteiger partial charge in [0.05, 0.1) is 11.3 Å². The highest BCUT2D eigenvalue weighted by Gasteiger charge is 2.66. The molecule has 2 aromatic rings. The number of anilines is 1. The van der Waals surface area contributed by atoms with E-state index in [1.807, 2.05) is 13.8 Å². The maximum Gasteiger partial charge on any atom is 0.296 e. The van der Waals surface area contributed by atoms with Crippen molar-refractivity contribution in [1.82, 2.24) is 4.90 Å². The summed E-state index contributed by atoms with van der Waals surface area (Å²) in [6.45, 7) is 8.40. The van der Waals surface area contributed by atoms with Crippen LogP contribution in [0.2, 0.25) is 0 Å². The number of rotatable bonds is 9. The molecule has 0 saturated carbocycles. The molecule has 0 unspecified atom stereocenters. The minimum Gasteiger partial charge on any atom is -0.507 e. The molecule has 1 N–H and O–H groups in total. The topological polar surface area (TPSA) is 96.4 Å². The molecule has 0 aromatic heterocycles. The first kappa shape index (κ1) is 25.2. The zero-order valence-corrected chi connectivity index (χ0v) is 20.7. The average molecular weight is 491 g/mol. The monoisotopic (exact) mass is 490 g/mol. The Kier molecular flexibility index (Phi) is 6.99. The summed E-state index contributed by atoms with van der Waals surface area (Å²) in [5, 5.41) is 11.5. The number of likely N-dealkylation sites (N-methyl/N-ethyl adjacent to an activating group) is 1. The quantitative estimate of drug-likeness (QED) is 0.190. The predicted octanol–water partition coefficient (Wildman–Crippen LogP) is 3.54. The van der Waals surface area contributed by atoms with Crippen molar-refractivity contribution in [2.45, 2.75) is 25.8 Å². The predicted molar refractivity (Wildman–Crippen MR) is 136 cm³/mol. The van der Waals surface area contributed by atoms with Crippen molar-refractivity contribution in [2.24, 2.45) is 0 Å². The van der Waals surface area contributed by atoms with Gasteiger partial charge in [-0.25, -0.2) is 0 Å². The summed E-state index contributed by atoms with van der Waals surface area (Å²) >= 11 is 0. The van der Waals surface area contributed by atoms with E-state index in [4.69, 9.17) is 9.47 Å². The zero-order valence-electron chi connectivity index (χ0n) is 20.7. The third kappa shape index (κ3) is 3.69. The molecular weight excluding hydrogens is 460 g/mol. The molecule has 1 saturated heterocycles.